The minimum atomic E-state index is 0.592. The van der Waals surface area contributed by atoms with E-state index >= 15 is 0 Å². The van der Waals surface area contributed by atoms with E-state index in [1.807, 2.05) is 6.07 Å². The first kappa shape index (κ1) is 10.3. The zero-order valence-corrected chi connectivity index (χ0v) is 10.9. The van der Waals surface area contributed by atoms with Gasteiger partial charge in [-0.1, -0.05) is 48.0 Å². The van der Waals surface area contributed by atoms with Crippen LogP contribution in [0.3, 0.4) is 0 Å². The Hall–Kier alpha value is -1.64. The summed E-state index contributed by atoms with van der Waals surface area (Å²) in [6.07, 6.45) is 1.77. The van der Waals surface area contributed by atoms with Crippen molar-refractivity contribution in [2.75, 3.05) is 0 Å². The SMILES string of the molecule is Clc1nccc2sc3c4ccccc4ccc3c12. The Labute approximate surface area is 113 Å². The molecule has 0 fully saturated rings. The standard InChI is InChI=1S/C15H8ClNS/c16-15-13-11-6-5-9-3-1-2-4-10(9)14(11)18-12(13)7-8-17-15/h1-8H. The largest absolute Gasteiger partial charge is 0.244 e. The molecule has 0 unspecified atom stereocenters. The highest BCUT2D eigenvalue weighted by Gasteiger charge is 2.10. The van der Waals surface area contributed by atoms with Gasteiger partial charge in [-0.2, -0.15) is 0 Å². The van der Waals surface area contributed by atoms with E-state index in [0.29, 0.717) is 5.15 Å². The third-order valence-corrected chi connectivity index (χ3v) is 4.72. The van der Waals surface area contributed by atoms with E-state index in [9.17, 15) is 0 Å². The zero-order valence-electron chi connectivity index (χ0n) is 9.35. The van der Waals surface area contributed by atoms with Gasteiger partial charge in [-0.25, -0.2) is 4.98 Å². The highest BCUT2D eigenvalue weighted by molar-refractivity contribution is 7.26. The van der Waals surface area contributed by atoms with E-state index in [4.69, 9.17) is 11.6 Å². The molecule has 0 aliphatic carbocycles. The van der Waals surface area contributed by atoms with Gasteiger partial charge in [0.15, 0.2) is 0 Å². The summed E-state index contributed by atoms with van der Waals surface area (Å²) in [6, 6.07) is 14.8. The molecule has 0 N–H and O–H groups in total. The van der Waals surface area contributed by atoms with Gasteiger partial charge < -0.3 is 0 Å². The van der Waals surface area contributed by atoms with E-state index in [-0.39, 0.29) is 0 Å². The fourth-order valence-corrected chi connectivity index (χ4v) is 3.96. The molecule has 1 nitrogen and oxygen atoms in total. The topological polar surface area (TPSA) is 12.9 Å². The van der Waals surface area contributed by atoms with Gasteiger partial charge in [0.1, 0.15) is 5.15 Å². The monoisotopic (exact) mass is 269 g/mol. The summed E-state index contributed by atoms with van der Waals surface area (Å²) in [6.45, 7) is 0. The number of halogens is 1. The second-order valence-electron chi connectivity index (χ2n) is 4.24. The maximum Gasteiger partial charge on any atom is 0.138 e. The van der Waals surface area contributed by atoms with Crippen LogP contribution in [0, 0.1) is 0 Å². The minimum Gasteiger partial charge on any atom is -0.244 e. The average molecular weight is 270 g/mol. The van der Waals surface area contributed by atoms with Crippen molar-refractivity contribution >= 4 is 53.9 Å². The number of pyridine rings is 1. The molecule has 86 valence electrons. The first-order valence-electron chi connectivity index (χ1n) is 5.69. The summed E-state index contributed by atoms with van der Waals surface area (Å²) < 4.78 is 2.49. The molecular weight excluding hydrogens is 262 g/mol. The average Bonchev–Trinajstić information content (AvgIpc) is 2.79. The summed E-state index contributed by atoms with van der Waals surface area (Å²) in [5.41, 5.74) is 0. The van der Waals surface area contributed by atoms with Crippen molar-refractivity contribution in [1.82, 2.24) is 4.98 Å². The summed E-state index contributed by atoms with van der Waals surface area (Å²) in [5, 5.41) is 5.42. The lowest BCUT2D eigenvalue weighted by atomic mass is 10.1. The van der Waals surface area contributed by atoms with Crippen LogP contribution in [0.4, 0.5) is 0 Å². The van der Waals surface area contributed by atoms with Crippen molar-refractivity contribution in [3.05, 3.63) is 53.8 Å². The molecule has 0 radical (unpaired) electrons. The van der Waals surface area contributed by atoms with Crippen LogP contribution >= 0.6 is 22.9 Å². The van der Waals surface area contributed by atoms with Crippen LogP contribution in [0.5, 0.6) is 0 Å². The van der Waals surface area contributed by atoms with Crippen molar-refractivity contribution in [3.8, 4) is 0 Å². The van der Waals surface area contributed by atoms with Gasteiger partial charge >= 0.3 is 0 Å². The molecule has 2 aromatic heterocycles. The van der Waals surface area contributed by atoms with Gasteiger partial charge in [0.2, 0.25) is 0 Å². The number of aromatic nitrogens is 1. The quantitative estimate of drug-likeness (QED) is 0.397. The first-order valence-corrected chi connectivity index (χ1v) is 6.88. The molecule has 4 aromatic rings. The fourth-order valence-electron chi connectivity index (χ4n) is 2.41. The second kappa shape index (κ2) is 3.67. The third-order valence-electron chi connectivity index (χ3n) is 3.23. The summed E-state index contributed by atoms with van der Waals surface area (Å²) in [7, 11) is 0. The van der Waals surface area contributed by atoms with E-state index in [0.717, 1.165) is 5.39 Å². The van der Waals surface area contributed by atoms with Crippen molar-refractivity contribution < 1.29 is 0 Å². The summed E-state index contributed by atoms with van der Waals surface area (Å²) >= 11 is 8.00. The smallest absolute Gasteiger partial charge is 0.138 e. The van der Waals surface area contributed by atoms with Crippen LogP contribution in [-0.2, 0) is 0 Å². The van der Waals surface area contributed by atoms with Crippen LogP contribution in [0.15, 0.2) is 48.7 Å². The number of hydrogen-bond acceptors (Lipinski definition) is 2. The highest BCUT2D eigenvalue weighted by Crippen LogP contribution is 2.40. The Kier molecular flexibility index (Phi) is 2.10. The van der Waals surface area contributed by atoms with Crippen molar-refractivity contribution in [2.24, 2.45) is 0 Å². The first-order chi connectivity index (χ1) is 8.84. The van der Waals surface area contributed by atoms with E-state index in [2.05, 4.69) is 41.4 Å². The Balaban J connectivity index is 2.34. The minimum absolute atomic E-state index is 0.592. The van der Waals surface area contributed by atoms with Crippen molar-refractivity contribution in [3.63, 3.8) is 0 Å². The number of thiophene rings is 1. The molecular formula is C15H8ClNS. The zero-order chi connectivity index (χ0) is 12.1. The molecule has 0 saturated heterocycles. The molecule has 0 saturated carbocycles. The maximum atomic E-state index is 6.22. The second-order valence-corrected chi connectivity index (χ2v) is 5.65. The van der Waals surface area contributed by atoms with Gasteiger partial charge in [-0.3, -0.25) is 0 Å². The molecule has 0 aliphatic heterocycles. The number of nitrogens with zero attached hydrogens (tertiary/aromatic N) is 1. The molecule has 0 atom stereocenters. The van der Waals surface area contributed by atoms with Gasteiger partial charge in [0.25, 0.3) is 0 Å². The van der Waals surface area contributed by atoms with Crippen molar-refractivity contribution in [2.45, 2.75) is 0 Å². The van der Waals surface area contributed by atoms with Gasteiger partial charge in [-0.15, -0.1) is 11.3 Å². The number of fused-ring (bicyclic) bond motifs is 5. The Morgan fingerprint density at radius 3 is 2.78 bits per heavy atom. The molecule has 0 aliphatic rings. The molecule has 4 rings (SSSR count). The number of hydrogen-bond donors (Lipinski definition) is 0. The molecule has 2 aromatic carbocycles. The highest BCUT2D eigenvalue weighted by atomic mass is 35.5. The van der Waals surface area contributed by atoms with E-state index in [1.165, 1.54) is 25.6 Å². The lowest BCUT2D eigenvalue weighted by molar-refractivity contribution is 1.37. The number of rotatable bonds is 0. The van der Waals surface area contributed by atoms with Gasteiger partial charge in [0, 0.05) is 26.4 Å². The van der Waals surface area contributed by atoms with Gasteiger partial charge in [-0.05, 0) is 16.8 Å². The Bertz CT molecular complexity index is 895. The summed E-state index contributed by atoms with van der Waals surface area (Å²) in [4.78, 5) is 4.18. The fraction of sp³-hybridized carbons (Fsp3) is 0. The molecule has 3 heteroatoms. The van der Waals surface area contributed by atoms with Crippen LogP contribution in [0.2, 0.25) is 5.15 Å². The number of benzene rings is 2. The summed E-state index contributed by atoms with van der Waals surface area (Å²) in [5.74, 6) is 0. The predicted octanol–water partition coefficient (Wildman–Crippen LogP) is 5.26. The molecule has 2 heterocycles. The Morgan fingerprint density at radius 2 is 1.83 bits per heavy atom. The van der Waals surface area contributed by atoms with Crippen LogP contribution < -0.4 is 0 Å². The van der Waals surface area contributed by atoms with Crippen LogP contribution in [0.25, 0.3) is 30.9 Å². The van der Waals surface area contributed by atoms with Crippen LogP contribution in [-0.4, -0.2) is 4.98 Å². The third kappa shape index (κ3) is 1.30. The molecule has 18 heavy (non-hydrogen) atoms. The maximum absolute atomic E-state index is 6.22. The van der Waals surface area contributed by atoms with Crippen LogP contribution in [0.1, 0.15) is 0 Å². The van der Waals surface area contributed by atoms with E-state index in [1.54, 1.807) is 17.5 Å². The lowest BCUT2D eigenvalue weighted by Crippen LogP contribution is -1.75. The lowest BCUT2D eigenvalue weighted by Gasteiger charge is -1.98. The molecule has 0 amide bonds. The van der Waals surface area contributed by atoms with Crippen molar-refractivity contribution in [1.29, 1.82) is 0 Å². The molecule has 0 spiro atoms. The molecule has 0 bridgehead atoms. The predicted molar refractivity (Wildman–Crippen MR) is 79.6 cm³/mol. The normalized spacial score (nSPS) is 11.6. The van der Waals surface area contributed by atoms with E-state index < -0.39 is 0 Å². The van der Waals surface area contributed by atoms with Gasteiger partial charge in [0.05, 0.1) is 0 Å². The Morgan fingerprint density at radius 1 is 0.944 bits per heavy atom.